The summed E-state index contributed by atoms with van der Waals surface area (Å²) in [6.45, 7) is 8.84. The van der Waals surface area contributed by atoms with Crippen LogP contribution in [-0.4, -0.2) is 69.2 Å². The van der Waals surface area contributed by atoms with Crippen molar-refractivity contribution in [2.75, 3.05) is 59.5 Å². The zero-order valence-electron chi connectivity index (χ0n) is 17.0. The monoisotopic (exact) mass is 414 g/mol. The van der Waals surface area contributed by atoms with Crippen molar-refractivity contribution < 1.29 is 37.8 Å². The molecule has 2 N–H and O–H groups in total. The van der Waals surface area contributed by atoms with E-state index in [0.29, 0.717) is 52.5 Å². The first kappa shape index (κ1) is 27.0. The molecule has 0 saturated heterocycles. The number of phosphoric ester groups is 1. The summed E-state index contributed by atoms with van der Waals surface area (Å²) in [5.74, 6) is -0.0420. The average Bonchev–Trinajstić information content (AvgIpc) is 2.62. The Kier molecular flexibility index (Phi) is 19.2. The topological polar surface area (TPSA) is 104 Å². The van der Waals surface area contributed by atoms with Crippen LogP contribution in [0.5, 0.6) is 0 Å². The highest BCUT2D eigenvalue weighted by atomic mass is 31.2. The van der Waals surface area contributed by atoms with Gasteiger partial charge in [-0.05, 0) is 31.6 Å². The zero-order valence-corrected chi connectivity index (χ0v) is 17.9. The minimum atomic E-state index is -4.46. The van der Waals surface area contributed by atoms with E-state index in [0.717, 1.165) is 38.9 Å². The molecule has 27 heavy (non-hydrogen) atoms. The molecule has 0 bridgehead atoms. The maximum Gasteiger partial charge on any atom is 0.469 e. The lowest BCUT2D eigenvalue weighted by molar-refractivity contribution is 0.0257. The van der Waals surface area contributed by atoms with E-state index in [2.05, 4.69) is 18.4 Å². The van der Waals surface area contributed by atoms with Gasteiger partial charge in [-0.1, -0.05) is 26.7 Å². The Labute approximate surface area is 164 Å². The molecule has 0 aliphatic carbocycles. The molecule has 0 aromatic rings. The molecule has 8 nitrogen and oxygen atoms in total. The highest BCUT2D eigenvalue weighted by Gasteiger charge is 2.18. The predicted molar refractivity (Wildman–Crippen MR) is 104 cm³/mol. The normalized spacial score (nSPS) is 12.2. The van der Waals surface area contributed by atoms with Gasteiger partial charge in [-0.25, -0.2) is 4.57 Å². The van der Waals surface area contributed by atoms with Gasteiger partial charge in [0.15, 0.2) is 0 Å². The third kappa shape index (κ3) is 22.1. The Bertz CT molecular complexity index is 330. The Morgan fingerprint density at radius 3 is 1.48 bits per heavy atom. The minimum absolute atomic E-state index is 0.0169. The van der Waals surface area contributed by atoms with E-state index >= 15 is 0 Å². The second kappa shape index (κ2) is 19.3. The fourth-order valence-electron chi connectivity index (χ4n) is 2.15. The molecule has 0 atom stereocenters. The van der Waals surface area contributed by atoms with Crippen LogP contribution in [0.25, 0.3) is 0 Å². The molecule has 0 heterocycles. The second-order valence-corrected chi connectivity index (χ2v) is 7.63. The number of hydrogen-bond acceptors (Lipinski definition) is 6. The van der Waals surface area contributed by atoms with Gasteiger partial charge in [0.2, 0.25) is 0 Å². The minimum Gasteiger partial charge on any atom is -0.379 e. The zero-order chi connectivity index (χ0) is 20.2. The van der Waals surface area contributed by atoms with Gasteiger partial charge in [-0.15, -0.1) is 0 Å². The van der Waals surface area contributed by atoms with Gasteiger partial charge in [-0.2, -0.15) is 0 Å². The Morgan fingerprint density at radius 2 is 1.11 bits per heavy atom. The van der Waals surface area contributed by atoms with Gasteiger partial charge >= 0.3 is 7.82 Å². The van der Waals surface area contributed by atoms with Crippen LogP contribution in [0, 0.1) is 5.92 Å². The van der Waals surface area contributed by atoms with Crippen molar-refractivity contribution in [3.8, 4) is 0 Å². The van der Waals surface area contributed by atoms with Crippen molar-refractivity contribution >= 4 is 7.82 Å². The van der Waals surface area contributed by atoms with Crippen LogP contribution in [0.4, 0.5) is 0 Å². The summed E-state index contributed by atoms with van der Waals surface area (Å²) < 4.78 is 37.4. The fraction of sp³-hybridized carbons (Fsp3) is 1.00. The van der Waals surface area contributed by atoms with E-state index in [4.69, 9.17) is 28.7 Å². The van der Waals surface area contributed by atoms with Crippen molar-refractivity contribution in [2.45, 2.75) is 52.4 Å². The molecule has 0 amide bonds. The van der Waals surface area contributed by atoms with Gasteiger partial charge in [0.05, 0.1) is 33.0 Å². The smallest absolute Gasteiger partial charge is 0.379 e. The van der Waals surface area contributed by atoms with Crippen molar-refractivity contribution in [3.63, 3.8) is 0 Å². The van der Waals surface area contributed by atoms with Crippen LogP contribution in [0.15, 0.2) is 0 Å². The summed E-state index contributed by atoms with van der Waals surface area (Å²) in [4.78, 5) is 17.8. The first-order chi connectivity index (χ1) is 13.0. The summed E-state index contributed by atoms with van der Waals surface area (Å²) in [5.41, 5.74) is 0. The SMILES string of the molecule is CCCCOCCOCCC(CCOCCOCCCC)COP(=O)(O)O. The first-order valence-corrected chi connectivity index (χ1v) is 11.5. The van der Waals surface area contributed by atoms with Gasteiger partial charge in [0, 0.05) is 26.4 Å². The molecule has 0 aliphatic rings. The molecule has 0 saturated carbocycles. The maximum atomic E-state index is 10.9. The van der Waals surface area contributed by atoms with Crippen LogP contribution >= 0.6 is 7.82 Å². The number of rotatable bonds is 21. The molecule has 9 heteroatoms. The summed E-state index contributed by atoms with van der Waals surface area (Å²) in [5, 5.41) is 0. The molecule has 0 aliphatic heterocycles. The maximum absolute atomic E-state index is 10.9. The third-order valence-corrected chi connectivity index (χ3v) is 4.33. The molecule has 0 spiro atoms. The Balaban J connectivity index is 3.82. The average molecular weight is 414 g/mol. The van der Waals surface area contributed by atoms with E-state index in [1.165, 1.54) is 0 Å². The van der Waals surface area contributed by atoms with Crippen LogP contribution in [0.1, 0.15) is 52.4 Å². The molecule has 0 aromatic heterocycles. The third-order valence-electron chi connectivity index (χ3n) is 3.85. The van der Waals surface area contributed by atoms with Crippen molar-refractivity contribution in [1.82, 2.24) is 0 Å². The summed E-state index contributed by atoms with van der Waals surface area (Å²) in [6, 6.07) is 0. The van der Waals surface area contributed by atoms with Gasteiger partial charge < -0.3 is 28.7 Å². The van der Waals surface area contributed by atoms with Gasteiger partial charge in [0.25, 0.3) is 0 Å². The fourth-order valence-corrected chi connectivity index (χ4v) is 2.56. The summed E-state index contributed by atoms with van der Waals surface area (Å²) >= 11 is 0. The van der Waals surface area contributed by atoms with E-state index in [1.54, 1.807) is 0 Å². The van der Waals surface area contributed by atoms with Crippen molar-refractivity contribution in [1.29, 1.82) is 0 Å². The van der Waals surface area contributed by atoms with Crippen molar-refractivity contribution in [2.24, 2.45) is 5.92 Å². The van der Waals surface area contributed by atoms with E-state index in [-0.39, 0.29) is 12.5 Å². The molecular formula is C18H39O8P. The number of phosphoric acid groups is 1. The lowest BCUT2D eigenvalue weighted by Gasteiger charge is -2.17. The van der Waals surface area contributed by atoms with Crippen LogP contribution in [0.2, 0.25) is 0 Å². The lowest BCUT2D eigenvalue weighted by Crippen LogP contribution is -2.16. The largest absolute Gasteiger partial charge is 0.469 e. The Hall–Kier alpha value is -0.0500. The van der Waals surface area contributed by atoms with E-state index in [1.807, 2.05) is 0 Å². The Morgan fingerprint density at radius 1 is 0.704 bits per heavy atom. The lowest BCUT2D eigenvalue weighted by atomic mass is 10.0. The molecule has 0 fully saturated rings. The van der Waals surface area contributed by atoms with E-state index < -0.39 is 7.82 Å². The van der Waals surface area contributed by atoms with Gasteiger partial charge in [-0.3, -0.25) is 4.52 Å². The quantitative estimate of drug-likeness (QED) is 0.218. The number of unbranched alkanes of at least 4 members (excludes halogenated alkanes) is 2. The number of hydrogen-bond donors (Lipinski definition) is 2. The van der Waals surface area contributed by atoms with Gasteiger partial charge in [0.1, 0.15) is 0 Å². The summed E-state index contributed by atoms with van der Waals surface area (Å²) in [7, 11) is -4.46. The molecular weight excluding hydrogens is 375 g/mol. The first-order valence-electron chi connectivity index (χ1n) is 10.0. The predicted octanol–water partition coefficient (Wildman–Crippen LogP) is 3.16. The highest BCUT2D eigenvalue weighted by Crippen LogP contribution is 2.36. The molecule has 0 radical (unpaired) electrons. The second-order valence-electron chi connectivity index (χ2n) is 6.39. The molecule has 164 valence electrons. The summed E-state index contributed by atoms with van der Waals surface area (Å²) in [6.07, 6.45) is 5.59. The molecule has 0 unspecified atom stereocenters. The number of ether oxygens (including phenoxy) is 4. The standard InChI is InChI=1S/C18H39O8P/c1-3-5-9-22-13-15-24-11-7-18(17-26-27(19,20)21)8-12-25-16-14-23-10-6-4-2/h18H,3-17H2,1-2H3,(H2,19,20,21). The molecule has 0 rings (SSSR count). The van der Waals surface area contributed by atoms with Crippen LogP contribution < -0.4 is 0 Å². The van der Waals surface area contributed by atoms with Crippen LogP contribution in [0.3, 0.4) is 0 Å². The van der Waals surface area contributed by atoms with Crippen molar-refractivity contribution in [3.05, 3.63) is 0 Å². The van der Waals surface area contributed by atoms with Crippen LogP contribution in [-0.2, 0) is 28.0 Å². The highest BCUT2D eigenvalue weighted by molar-refractivity contribution is 7.46. The van der Waals surface area contributed by atoms with E-state index in [9.17, 15) is 4.57 Å². The molecule has 0 aromatic carbocycles.